The fourth-order valence-corrected chi connectivity index (χ4v) is 4.19. The van der Waals surface area contributed by atoms with Gasteiger partial charge in [0.25, 0.3) is 11.7 Å². The molecule has 6 nitrogen and oxygen atoms in total. The van der Waals surface area contributed by atoms with Gasteiger partial charge in [-0.25, -0.2) is 0 Å². The number of aryl methyl sites for hydroxylation is 1. The number of anilines is 1. The Morgan fingerprint density at radius 2 is 1.66 bits per heavy atom. The predicted molar refractivity (Wildman–Crippen MR) is 136 cm³/mol. The van der Waals surface area contributed by atoms with Gasteiger partial charge >= 0.3 is 0 Å². The highest BCUT2D eigenvalue weighted by atomic mass is 35.5. The molecule has 0 radical (unpaired) electrons. The van der Waals surface area contributed by atoms with E-state index in [1.807, 2.05) is 13.8 Å². The van der Waals surface area contributed by atoms with Crippen LogP contribution in [0.1, 0.15) is 36.1 Å². The number of aliphatic hydroxyl groups is 1. The predicted octanol–water partition coefficient (Wildman–Crippen LogP) is 6.07. The second kappa shape index (κ2) is 10.2. The van der Waals surface area contributed by atoms with Crippen molar-refractivity contribution in [2.45, 2.75) is 26.3 Å². The summed E-state index contributed by atoms with van der Waals surface area (Å²) in [6.07, 6.45) is 0.871. The molecule has 1 atom stereocenters. The van der Waals surface area contributed by atoms with Crippen LogP contribution < -0.4 is 14.4 Å². The Morgan fingerprint density at radius 1 is 1.00 bits per heavy atom. The standard InChI is InChI=1S/C28H26ClNO5/c1-4-15-35-22-13-8-19(9-14-22)26(31)24-25(18-6-11-21(34-3)12-7-18)30(28(33)27(24)32)20-10-5-17(2)23(29)16-20/h5-14,16,25,31H,4,15H2,1-3H3/b26-24+. The number of aliphatic hydroxyl groups excluding tert-OH is 1. The van der Waals surface area contributed by atoms with Crippen molar-refractivity contribution in [3.05, 3.63) is 94.0 Å². The van der Waals surface area contributed by atoms with Crippen molar-refractivity contribution in [3.63, 3.8) is 0 Å². The number of benzene rings is 3. The molecule has 4 rings (SSSR count). The van der Waals surface area contributed by atoms with Crippen molar-refractivity contribution in [3.8, 4) is 11.5 Å². The molecule has 0 spiro atoms. The zero-order chi connectivity index (χ0) is 25.1. The lowest BCUT2D eigenvalue weighted by Gasteiger charge is -2.26. The molecule has 1 aliphatic rings. The molecule has 1 saturated heterocycles. The zero-order valence-electron chi connectivity index (χ0n) is 19.7. The molecule has 0 bridgehead atoms. The smallest absolute Gasteiger partial charge is 0.300 e. The molecule has 1 aliphatic heterocycles. The molecular formula is C28H26ClNO5. The molecule has 1 unspecified atom stereocenters. The molecule has 0 saturated carbocycles. The monoisotopic (exact) mass is 491 g/mol. The third-order valence-electron chi connectivity index (χ3n) is 5.91. The number of hydrogen-bond donors (Lipinski definition) is 1. The van der Waals surface area contributed by atoms with Crippen molar-refractivity contribution in [2.24, 2.45) is 0 Å². The maximum absolute atomic E-state index is 13.3. The van der Waals surface area contributed by atoms with E-state index in [0.717, 1.165) is 12.0 Å². The minimum absolute atomic E-state index is 0.000842. The summed E-state index contributed by atoms with van der Waals surface area (Å²) in [5.74, 6) is -0.481. The van der Waals surface area contributed by atoms with Gasteiger partial charge in [-0.05, 0) is 73.0 Å². The summed E-state index contributed by atoms with van der Waals surface area (Å²) >= 11 is 6.34. The number of carbonyl (C=O) groups excluding carboxylic acids is 2. The lowest BCUT2D eigenvalue weighted by Crippen LogP contribution is -2.29. The quantitative estimate of drug-likeness (QED) is 0.246. The highest BCUT2D eigenvalue weighted by Crippen LogP contribution is 2.43. The van der Waals surface area contributed by atoms with Crippen molar-refractivity contribution >= 4 is 34.7 Å². The van der Waals surface area contributed by atoms with Crippen LogP contribution in [0.2, 0.25) is 5.02 Å². The van der Waals surface area contributed by atoms with Gasteiger partial charge in [0.1, 0.15) is 17.3 Å². The van der Waals surface area contributed by atoms with Crippen LogP contribution in [-0.4, -0.2) is 30.5 Å². The van der Waals surface area contributed by atoms with E-state index in [1.54, 1.807) is 73.8 Å². The summed E-state index contributed by atoms with van der Waals surface area (Å²) in [4.78, 5) is 27.9. The highest BCUT2D eigenvalue weighted by Gasteiger charge is 2.47. The second-order valence-electron chi connectivity index (χ2n) is 8.25. The topological polar surface area (TPSA) is 76.1 Å². The first-order valence-electron chi connectivity index (χ1n) is 11.3. The minimum Gasteiger partial charge on any atom is -0.507 e. The van der Waals surface area contributed by atoms with Crippen LogP contribution in [0.5, 0.6) is 11.5 Å². The molecule has 0 aliphatic carbocycles. The van der Waals surface area contributed by atoms with Crippen LogP contribution in [0, 0.1) is 6.92 Å². The van der Waals surface area contributed by atoms with E-state index in [4.69, 9.17) is 21.1 Å². The summed E-state index contributed by atoms with van der Waals surface area (Å²) in [5.41, 5.74) is 2.36. The Bertz CT molecular complexity index is 1280. The Balaban J connectivity index is 1.85. The Morgan fingerprint density at radius 3 is 2.26 bits per heavy atom. The summed E-state index contributed by atoms with van der Waals surface area (Å²) in [6.45, 7) is 4.45. The van der Waals surface area contributed by atoms with Crippen LogP contribution in [0.25, 0.3) is 5.76 Å². The average molecular weight is 492 g/mol. The number of ketones is 1. The number of hydrogen-bond acceptors (Lipinski definition) is 5. The van der Waals surface area contributed by atoms with Crippen LogP contribution in [0.15, 0.2) is 72.3 Å². The van der Waals surface area contributed by atoms with Crippen LogP contribution in [0.3, 0.4) is 0 Å². The molecule has 3 aromatic rings. The normalized spacial score (nSPS) is 17.0. The molecule has 1 amide bonds. The summed E-state index contributed by atoms with van der Waals surface area (Å²) < 4.78 is 10.9. The van der Waals surface area contributed by atoms with Crippen molar-refractivity contribution in [1.82, 2.24) is 0 Å². The largest absolute Gasteiger partial charge is 0.507 e. The molecule has 1 heterocycles. The molecule has 1 N–H and O–H groups in total. The highest BCUT2D eigenvalue weighted by molar-refractivity contribution is 6.51. The van der Waals surface area contributed by atoms with Gasteiger partial charge in [-0.3, -0.25) is 14.5 Å². The van der Waals surface area contributed by atoms with Gasteiger partial charge < -0.3 is 14.6 Å². The average Bonchev–Trinajstić information content (AvgIpc) is 3.14. The van der Waals surface area contributed by atoms with E-state index in [9.17, 15) is 14.7 Å². The summed E-state index contributed by atoms with van der Waals surface area (Å²) in [6, 6.07) is 18.2. The number of carbonyl (C=O) groups is 2. The maximum atomic E-state index is 13.3. The maximum Gasteiger partial charge on any atom is 0.300 e. The van der Waals surface area contributed by atoms with Gasteiger partial charge in [0.05, 0.1) is 25.3 Å². The number of halogens is 1. The van der Waals surface area contributed by atoms with E-state index in [1.165, 1.54) is 4.90 Å². The Labute approximate surface area is 209 Å². The van der Waals surface area contributed by atoms with Crippen LogP contribution >= 0.6 is 11.6 Å². The minimum atomic E-state index is -0.851. The van der Waals surface area contributed by atoms with Gasteiger partial charge in [0.2, 0.25) is 0 Å². The van der Waals surface area contributed by atoms with Crippen LogP contribution in [-0.2, 0) is 9.59 Å². The molecule has 7 heteroatoms. The van der Waals surface area contributed by atoms with E-state index < -0.39 is 17.7 Å². The van der Waals surface area contributed by atoms with Crippen molar-refractivity contribution < 1.29 is 24.2 Å². The van der Waals surface area contributed by atoms with Crippen molar-refractivity contribution in [2.75, 3.05) is 18.6 Å². The summed E-state index contributed by atoms with van der Waals surface area (Å²) in [7, 11) is 1.56. The van der Waals surface area contributed by atoms with Gasteiger partial charge in [0.15, 0.2) is 0 Å². The number of Topliss-reactive ketones (excluding diaryl/α,β-unsaturated/α-hetero) is 1. The SMILES string of the molecule is CCCOc1ccc(/C(O)=C2\C(=O)C(=O)N(c3ccc(C)c(Cl)c3)C2c2ccc(OC)cc2)cc1. The fraction of sp³-hybridized carbons (Fsp3) is 0.214. The lowest BCUT2D eigenvalue weighted by molar-refractivity contribution is -0.132. The first-order valence-corrected chi connectivity index (χ1v) is 11.7. The molecule has 35 heavy (non-hydrogen) atoms. The van der Waals surface area contributed by atoms with Gasteiger partial charge in [-0.1, -0.05) is 36.7 Å². The number of methoxy groups -OCH3 is 1. The Kier molecular flexibility index (Phi) is 7.12. The number of rotatable bonds is 7. The van der Waals surface area contributed by atoms with E-state index in [2.05, 4.69) is 0 Å². The van der Waals surface area contributed by atoms with Crippen molar-refractivity contribution in [1.29, 1.82) is 0 Å². The number of ether oxygens (including phenoxy) is 2. The zero-order valence-corrected chi connectivity index (χ0v) is 20.5. The summed E-state index contributed by atoms with van der Waals surface area (Å²) in [5, 5.41) is 11.7. The van der Waals surface area contributed by atoms with E-state index >= 15 is 0 Å². The first-order chi connectivity index (χ1) is 16.8. The third-order valence-corrected chi connectivity index (χ3v) is 6.32. The van der Waals surface area contributed by atoms with E-state index in [0.29, 0.717) is 39.9 Å². The third kappa shape index (κ3) is 4.75. The van der Waals surface area contributed by atoms with Gasteiger partial charge in [-0.15, -0.1) is 0 Å². The first kappa shape index (κ1) is 24.4. The molecule has 3 aromatic carbocycles. The number of nitrogens with zero attached hydrogens (tertiary/aromatic N) is 1. The second-order valence-corrected chi connectivity index (χ2v) is 8.66. The van der Waals surface area contributed by atoms with Crippen LogP contribution in [0.4, 0.5) is 5.69 Å². The van der Waals surface area contributed by atoms with Gasteiger partial charge in [-0.2, -0.15) is 0 Å². The lowest BCUT2D eigenvalue weighted by atomic mass is 9.95. The molecule has 180 valence electrons. The fourth-order valence-electron chi connectivity index (χ4n) is 4.02. The van der Waals surface area contributed by atoms with Gasteiger partial charge in [0, 0.05) is 16.3 Å². The molecule has 0 aromatic heterocycles. The molecule has 1 fully saturated rings. The Hall–Kier alpha value is -3.77. The molecular weight excluding hydrogens is 466 g/mol. The van der Waals surface area contributed by atoms with E-state index in [-0.39, 0.29) is 11.3 Å². The number of amides is 1.